The molecule has 0 spiro atoms. The van der Waals surface area contributed by atoms with Crippen molar-refractivity contribution in [3.63, 3.8) is 0 Å². The fraction of sp³-hybridized carbons (Fsp3) is 0.433. The van der Waals surface area contributed by atoms with Crippen LogP contribution in [-0.4, -0.2) is 78.4 Å². The number of aliphatic hydroxyl groups is 1. The number of anilines is 1. The van der Waals surface area contributed by atoms with Crippen molar-refractivity contribution in [1.82, 2.24) is 20.2 Å². The Morgan fingerprint density at radius 3 is 2.87 bits per heavy atom. The maximum Gasteiger partial charge on any atom is 0.222 e. The highest BCUT2D eigenvalue weighted by Gasteiger charge is 2.19. The molecule has 3 N–H and O–H groups in total. The third-order valence-electron chi connectivity index (χ3n) is 6.99. The number of aromatic nitrogens is 2. The second kappa shape index (κ2) is 12.9. The van der Waals surface area contributed by atoms with Crippen molar-refractivity contribution in [3.8, 4) is 34.1 Å². The van der Waals surface area contributed by atoms with E-state index in [1.54, 1.807) is 7.05 Å². The van der Waals surface area contributed by atoms with Gasteiger partial charge in [0, 0.05) is 49.8 Å². The molecule has 5 rings (SSSR count). The molecule has 3 aromatic rings. The Balaban J connectivity index is 1.38. The summed E-state index contributed by atoms with van der Waals surface area (Å²) < 4.78 is 11.6. The number of benzene rings is 2. The topological polar surface area (TPSA) is 109 Å². The maximum atomic E-state index is 11.9. The van der Waals surface area contributed by atoms with Gasteiger partial charge in [-0.25, -0.2) is 9.97 Å². The highest BCUT2D eigenvalue weighted by atomic mass is 16.5. The van der Waals surface area contributed by atoms with Gasteiger partial charge < -0.3 is 30.1 Å². The van der Waals surface area contributed by atoms with E-state index in [9.17, 15) is 9.90 Å². The van der Waals surface area contributed by atoms with Crippen LogP contribution >= 0.6 is 0 Å². The van der Waals surface area contributed by atoms with Gasteiger partial charge in [0.15, 0.2) is 5.82 Å². The van der Waals surface area contributed by atoms with Crippen molar-refractivity contribution in [3.05, 3.63) is 54.1 Å². The van der Waals surface area contributed by atoms with Crippen LogP contribution in [0.15, 0.2) is 48.5 Å². The van der Waals surface area contributed by atoms with Crippen LogP contribution in [0, 0.1) is 0 Å². The lowest BCUT2D eigenvalue weighted by atomic mass is 10.0. The molecule has 0 radical (unpaired) electrons. The minimum atomic E-state index is -0.599. The Bertz CT molecular complexity index is 1280. The van der Waals surface area contributed by atoms with Gasteiger partial charge in [-0.05, 0) is 68.6 Å². The first-order valence-corrected chi connectivity index (χ1v) is 13.8. The first-order chi connectivity index (χ1) is 19.1. The lowest BCUT2D eigenvalue weighted by molar-refractivity contribution is -0.127. The Kier molecular flexibility index (Phi) is 8.90. The molecule has 1 amide bonds. The van der Waals surface area contributed by atoms with E-state index in [-0.39, 0.29) is 12.5 Å². The summed E-state index contributed by atoms with van der Waals surface area (Å²) in [5.41, 5.74) is 3.85. The van der Waals surface area contributed by atoms with Gasteiger partial charge in [0.2, 0.25) is 5.91 Å². The van der Waals surface area contributed by atoms with Gasteiger partial charge >= 0.3 is 0 Å². The van der Waals surface area contributed by atoms with Crippen molar-refractivity contribution in [2.24, 2.45) is 0 Å². The smallest absolute Gasteiger partial charge is 0.222 e. The van der Waals surface area contributed by atoms with Gasteiger partial charge in [0.1, 0.15) is 30.0 Å². The van der Waals surface area contributed by atoms with Crippen LogP contribution in [0.1, 0.15) is 31.2 Å². The van der Waals surface area contributed by atoms with Crippen LogP contribution in [0.25, 0.3) is 22.6 Å². The fourth-order valence-corrected chi connectivity index (χ4v) is 4.97. The van der Waals surface area contributed by atoms with Crippen molar-refractivity contribution >= 4 is 11.7 Å². The lowest BCUT2D eigenvalue weighted by Crippen LogP contribution is -2.29. The van der Waals surface area contributed by atoms with Crippen LogP contribution in [0.3, 0.4) is 0 Å². The number of hydrogen-bond acceptors (Lipinski definition) is 8. The largest absolute Gasteiger partial charge is 0.493 e. The number of ether oxygens (including phenoxy) is 2. The third-order valence-corrected chi connectivity index (χ3v) is 6.99. The second-order valence-corrected chi connectivity index (χ2v) is 10.1. The van der Waals surface area contributed by atoms with E-state index >= 15 is 0 Å². The van der Waals surface area contributed by atoms with E-state index in [1.807, 2.05) is 47.4 Å². The molecule has 1 aromatic heterocycles. The molecule has 1 fully saturated rings. The summed E-state index contributed by atoms with van der Waals surface area (Å²) in [5, 5.41) is 16.4. The van der Waals surface area contributed by atoms with Crippen LogP contribution < -0.4 is 20.1 Å². The van der Waals surface area contributed by atoms with Gasteiger partial charge in [0.25, 0.3) is 0 Å². The van der Waals surface area contributed by atoms with Gasteiger partial charge in [-0.15, -0.1) is 0 Å². The highest BCUT2D eigenvalue weighted by molar-refractivity contribution is 5.78. The number of carbonyl (C=O) groups excluding carboxylic acids is 1. The van der Waals surface area contributed by atoms with Crippen molar-refractivity contribution in [2.75, 3.05) is 51.8 Å². The Hall–Kier alpha value is -3.69. The van der Waals surface area contributed by atoms with E-state index in [4.69, 9.17) is 19.4 Å². The summed E-state index contributed by atoms with van der Waals surface area (Å²) in [7, 11) is 1.79. The second-order valence-electron chi connectivity index (χ2n) is 10.1. The fourth-order valence-electron chi connectivity index (χ4n) is 4.97. The summed E-state index contributed by atoms with van der Waals surface area (Å²) in [6, 6.07) is 15.8. The van der Waals surface area contributed by atoms with E-state index in [0.29, 0.717) is 31.1 Å². The number of hydrogen-bond donors (Lipinski definition) is 3. The third kappa shape index (κ3) is 7.04. The number of rotatable bonds is 12. The van der Waals surface area contributed by atoms with Crippen LogP contribution in [-0.2, 0) is 11.2 Å². The molecule has 1 unspecified atom stereocenters. The normalized spacial score (nSPS) is 15.5. The van der Waals surface area contributed by atoms with E-state index in [1.165, 1.54) is 5.56 Å². The quantitative estimate of drug-likeness (QED) is 0.305. The summed E-state index contributed by atoms with van der Waals surface area (Å²) in [6.07, 6.45) is 3.85. The molecule has 9 heteroatoms. The molecule has 1 saturated heterocycles. The van der Waals surface area contributed by atoms with Crippen molar-refractivity contribution in [1.29, 1.82) is 0 Å². The number of amides is 1. The molecule has 2 aliphatic rings. The van der Waals surface area contributed by atoms with Gasteiger partial charge in [-0.2, -0.15) is 0 Å². The number of aliphatic hydroxyl groups excluding tert-OH is 1. The summed E-state index contributed by atoms with van der Waals surface area (Å²) in [5.74, 6) is 3.15. The zero-order chi connectivity index (χ0) is 27.0. The number of nitrogens with one attached hydrogen (secondary N) is 2. The summed E-state index contributed by atoms with van der Waals surface area (Å²) in [6.45, 7) is 3.70. The van der Waals surface area contributed by atoms with Gasteiger partial charge in [-0.3, -0.25) is 4.79 Å². The monoisotopic (exact) mass is 531 g/mol. The minimum Gasteiger partial charge on any atom is -0.493 e. The molecule has 39 heavy (non-hydrogen) atoms. The summed E-state index contributed by atoms with van der Waals surface area (Å²) in [4.78, 5) is 23.6. The first-order valence-electron chi connectivity index (χ1n) is 13.8. The van der Waals surface area contributed by atoms with Crippen molar-refractivity contribution < 1.29 is 19.4 Å². The van der Waals surface area contributed by atoms with Gasteiger partial charge in [0.05, 0.1) is 12.3 Å². The molecule has 0 aliphatic carbocycles. The molecule has 0 bridgehead atoms. The minimum absolute atomic E-state index is 0.189. The SMILES string of the molecule is CNCC(O)COc1cccc(-c2nc(NCCCN3CCCC3=O)cc(-c3ccc4c(c3)CCCO4)n2)c1. The Labute approximate surface area is 229 Å². The Morgan fingerprint density at radius 2 is 2.03 bits per heavy atom. The standard InChI is InChI=1S/C30H37N5O4/c1-31-19-24(36)20-39-25-8-2-6-23(17-25)30-33-26(21-10-11-27-22(16-21)7-4-15-38-27)18-28(34-30)32-12-5-14-35-13-3-9-29(35)37/h2,6,8,10-11,16-18,24,31,36H,3-5,7,9,12-15,19-20H2,1H3,(H,32,33,34). The zero-order valence-corrected chi connectivity index (χ0v) is 22.5. The number of fused-ring (bicyclic) bond motifs is 1. The van der Waals surface area contributed by atoms with Crippen molar-refractivity contribution in [2.45, 2.75) is 38.2 Å². The molecule has 0 saturated carbocycles. The molecule has 1 atom stereocenters. The average molecular weight is 532 g/mol. The molecule has 3 heterocycles. The Morgan fingerprint density at radius 1 is 1.10 bits per heavy atom. The molecular weight excluding hydrogens is 494 g/mol. The molecule has 206 valence electrons. The zero-order valence-electron chi connectivity index (χ0n) is 22.5. The molecule has 2 aromatic carbocycles. The van der Waals surface area contributed by atoms with E-state index < -0.39 is 6.10 Å². The van der Waals surface area contributed by atoms with Crippen LogP contribution in [0.4, 0.5) is 5.82 Å². The number of aryl methyl sites for hydroxylation is 1. The highest BCUT2D eigenvalue weighted by Crippen LogP contribution is 2.32. The molecule has 9 nitrogen and oxygen atoms in total. The number of likely N-dealkylation sites (N-methyl/N-ethyl adjacent to an activating group) is 1. The van der Waals surface area contributed by atoms with Gasteiger partial charge in [-0.1, -0.05) is 12.1 Å². The number of nitrogens with zero attached hydrogens (tertiary/aromatic N) is 3. The number of carbonyl (C=O) groups is 1. The van der Waals surface area contributed by atoms with E-state index in [0.717, 1.165) is 73.8 Å². The maximum absolute atomic E-state index is 11.9. The summed E-state index contributed by atoms with van der Waals surface area (Å²) >= 11 is 0. The predicted molar refractivity (Wildman–Crippen MR) is 151 cm³/mol. The van der Waals surface area contributed by atoms with E-state index in [2.05, 4.69) is 16.7 Å². The first kappa shape index (κ1) is 26.9. The number of likely N-dealkylation sites (tertiary alicyclic amines) is 1. The average Bonchev–Trinajstić information content (AvgIpc) is 3.38. The predicted octanol–water partition coefficient (Wildman–Crippen LogP) is 3.52. The molecule has 2 aliphatic heterocycles. The van der Waals surface area contributed by atoms with Crippen LogP contribution in [0.5, 0.6) is 11.5 Å². The molecular formula is C30H37N5O4. The lowest BCUT2D eigenvalue weighted by Gasteiger charge is -2.18. The van der Waals surface area contributed by atoms with Crippen LogP contribution in [0.2, 0.25) is 0 Å².